The number of amides is 2. The van der Waals surface area contributed by atoms with E-state index in [-0.39, 0.29) is 6.03 Å². The number of nitrogens with zero attached hydrogens (tertiary/aromatic N) is 4. The van der Waals surface area contributed by atoms with E-state index in [1.54, 1.807) is 11.8 Å². The predicted octanol–water partition coefficient (Wildman–Crippen LogP) is 4.20. The Labute approximate surface area is 181 Å². The summed E-state index contributed by atoms with van der Waals surface area (Å²) < 4.78 is 2.11. The molecular weight excluding hydrogens is 394 g/mol. The summed E-state index contributed by atoms with van der Waals surface area (Å²) >= 11 is 1.71. The van der Waals surface area contributed by atoms with Gasteiger partial charge < -0.3 is 14.8 Å². The molecule has 4 rings (SSSR count). The molecule has 1 saturated heterocycles. The van der Waals surface area contributed by atoms with Gasteiger partial charge in [0.1, 0.15) is 5.82 Å². The number of carbonyl (C=O) groups is 1. The topological polar surface area (TPSA) is 63.1 Å². The molecule has 0 spiro atoms. The zero-order chi connectivity index (χ0) is 20.8. The largest absolute Gasteiger partial charge is 0.334 e. The van der Waals surface area contributed by atoms with Crippen molar-refractivity contribution < 1.29 is 4.79 Å². The van der Waals surface area contributed by atoms with Crippen molar-refractivity contribution in [2.75, 3.05) is 13.1 Å². The molecule has 0 atom stereocenters. The number of carbonyl (C=O) groups excluding carboxylic acids is 1. The van der Waals surface area contributed by atoms with Crippen LogP contribution in [0.2, 0.25) is 0 Å². The summed E-state index contributed by atoms with van der Waals surface area (Å²) in [6.45, 7) is 2.04. The van der Waals surface area contributed by atoms with E-state index in [2.05, 4.69) is 44.3 Å². The smallest absolute Gasteiger partial charge is 0.317 e. The van der Waals surface area contributed by atoms with Crippen molar-refractivity contribution in [3.8, 4) is 0 Å². The summed E-state index contributed by atoms with van der Waals surface area (Å²) in [5.41, 5.74) is 2.39. The lowest BCUT2D eigenvalue weighted by atomic mass is 9.96. The van der Waals surface area contributed by atoms with Crippen molar-refractivity contribution in [3.63, 3.8) is 0 Å². The maximum atomic E-state index is 12.5. The van der Waals surface area contributed by atoms with Gasteiger partial charge in [0, 0.05) is 38.4 Å². The molecule has 2 heterocycles. The number of thioether (sulfide) groups is 1. The minimum absolute atomic E-state index is 0.00868. The summed E-state index contributed by atoms with van der Waals surface area (Å²) in [6.07, 6.45) is 1.82. The number of likely N-dealkylation sites (tertiary alicyclic amines) is 1. The van der Waals surface area contributed by atoms with E-state index in [1.165, 1.54) is 5.56 Å². The number of benzene rings is 2. The maximum absolute atomic E-state index is 12.5. The summed E-state index contributed by atoms with van der Waals surface area (Å²) in [4.78, 5) is 14.4. The van der Waals surface area contributed by atoms with E-state index in [0.717, 1.165) is 48.2 Å². The van der Waals surface area contributed by atoms with Gasteiger partial charge in [-0.3, -0.25) is 0 Å². The standard InChI is InChI=1S/C23H27N5OS/c1-27-21(25-26-23(27)30-17-19-10-6-3-7-11-19)20-12-14-28(15-13-20)22(29)24-16-18-8-4-2-5-9-18/h2-11,20H,12-17H2,1H3,(H,24,29). The fourth-order valence-corrected chi connectivity index (χ4v) is 4.63. The first-order chi connectivity index (χ1) is 14.7. The molecule has 1 aliphatic rings. The molecule has 1 N–H and O–H groups in total. The Hall–Kier alpha value is -2.80. The molecule has 30 heavy (non-hydrogen) atoms. The summed E-state index contributed by atoms with van der Waals surface area (Å²) in [5, 5.41) is 12.8. The van der Waals surface area contributed by atoms with Crippen LogP contribution >= 0.6 is 11.8 Å². The van der Waals surface area contributed by atoms with Gasteiger partial charge >= 0.3 is 6.03 Å². The van der Waals surface area contributed by atoms with Crippen molar-refractivity contribution in [1.82, 2.24) is 25.0 Å². The van der Waals surface area contributed by atoms with Gasteiger partial charge in [0.25, 0.3) is 0 Å². The number of nitrogens with one attached hydrogen (secondary N) is 1. The van der Waals surface area contributed by atoms with Gasteiger partial charge in [0.15, 0.2) is 5.16 Å². The number of rotatable bonds is 6. The third kappa shape index (κ3) is 5.02. The minimum Gasteiger partial charge on any atom is -0.334 e. The molecule has 1 fully saturated rings. The molecule has 2 amide bonds. The van der Waals surface area contributed by atoms with Crippen LogP contribution in [-0.4, -0.2) is 38.8 Å². The Balaban J connectivity index is 1.27. The first-order valence-electron chi connectivity index (χ1n) is 10.3. The minimum atomic E-state index is 0.00868. The van der Waals surface area contributed by atoms with Crippen LogP contribution in [-0.2, 0) is 19.3 Å². The van der Waals surface area contributed by atoms with Crippen LogP contribution in [0.25, 0.3) is 0 Å². The van der Waals surface area contributed by atoms with Gasteiger partial charge in [-0.05, 0) is 24.0 Å². The summed E-state index contributed by atoms with van der Waals surface area (Å²) in [7, 11) is 2.04. The van der Waals surface area contributed by atoms with Crippen LogP contribution in [0.1, 0.15) is 35.7 Å². The maximum Gasteiger partial charge on any atom is 0.317 e. The molecule has 3 aromatic rings. The normalized spacial score (nSPS) is 14.6. The number of hydrogen-bond acceptors (Lipinski definition) is 4. The summed E-state index contributed by atoms with van der Waals surface area (Å²) in [6, 6.07) is 20.4. The molecule has 1 aromatic heterocycles. The Kier molecular flexibility index (Phi) is 6.69. The van der Waals surface area contributed by atoms with Crippen LogP contribution in [0.15, 0.2) is 65.8 Å². The molecule has 0 unspecified atom stereocenters. The predicted molar refractivity (Wildman–Crippen MR) is 119 cm³/mol. The van der Waals surface area contributed by atoms with Gasteiger partial charge in [-0.1, -0.05) is 72.4 Å². The fraction of sp³-hybridized carbons (Fsp3) is 0.348. The molecular formula is C23H27N5OS. The lowest BCUT2D eigenvalue weighted by molar-refractivity contribution is 0.179. The van der Waals surface area contributed by atoms with Gasteiger partial charge in [-0.15, -0.1) is 10.2 Å². The summed E-state index contributed by atoms with van der Waals surface area (Å²) in [5.74, 6) is 2.24. The molecule has 0 aliphatic carbocycles. The van der Waals surface area contributed by atoms with Gasteiger partial charge in [0.05, 0.1) is 0 Å². The quantitative estimate of drug-likeness (QED) is 0.606. The third-order valence-corrected chi connectivity index (χ3v) is 6.60. The second-order valence-corrected chi connectivity index (χ2v) is 8.52. The monoisotopic (exact) mass is 421 g/mol. The van der Waals surface area contributed by atoms with E-state index >= 15 is 0 Å². The fourth-order valence-electron chi connectivity index (χ4n) is 3.76. The Bertz CT molecular complexity index is 952. The molecule has 6 nitrogen and oxygen atoms in total. The van der Waals surface area contributed by atoms with Crippen LogP contribution in [0.3, 0.4) is 0 Å². The highest BCUT2D eigenvalue weighted by Gasteiger charge is 2.27. The average molecular weight is 422 g/mol. The Morgan fingerprint density at radius 2 is 1.63 bits per heavy atom. The van der Waals surface area contributed by atoms with Crippen LogP contribution in [0.5, 0.6) is 0 Å². The van der Waals surface area contributed by atoms with E-state index in [4.69, 9.17) is 0 Å². The van der Waals surface area contributed by atoms with Crippen LogP contribution in [0.4, 0.5) is 4.79 Å². The molecule has 7 heteroatoms. The highest BCUT2D eigenvalue weighted by molar-refractivity contribution is 7.98. The lowest BCUT2D eigenvalue weighted by Gasteiger charge is -2.31. The van der Waals surface area contributed by atoms with Crippen molar-refractivity contribution in [2.45, 2.75) is 36.2 Å². The van der Waals surface area contributed by atoms with Crippen molar-refractivity contribution in [1.29, 1.82) is 0 Å². The molecule has 0 radical (unpaired) electrons. The second-order valence-electron chi connectivity index (χ2n) is 7.58. The van der Waals surface area contributed by atoms with Crippen molar-refractivity contribution in [2.24, 2.45) is 7.05 Å². The number of aromatic nitrogens is 3. The van der Waals surface area contributed by atoms with E-state index in [1.807, 2.05) is 48.3 Å². The molecule has 156 valence electrons. The molecule has 0 saturated carbocycles. The van der Waals surface area contributed by atoms with E-state index in [0.29, 0.717) is 12.5 Å². The zero-order valence-corrected chi connectivity index (χ0v) is 18.0. The SMILES string of the molecule is Cn1c(SCc2ccccc2)nnc1C1CCN(C(=O)NCc2ccccc2)CC1. The van der Waals surface area contributed by atoms with E-state index < -0.39 is 0 Å². The second kappa shape index (κ2) is 9.80. The third-order valence-electron chi connectivity index (χ3n) is 5.51. The lowest BCUT2D eigenvalue weighted by Crippen LogP contribution is -2.44. The Morgan fingerprint density at radius 1 is 1.00 bits per heavy atom. The Morgan fingerprint density at radius 3 is 2.30 bits per heavy atom. The van der Waals surface area contributed by atoms with Crippen molar-refractivity contribution >= 4 is 17.8 Å². The van der Waals surface area contributed by atoms with Gasteiger partial charge in [-0.25, -0.2) is 4.79 Å². The molecule has 2 aromatic carbocycles. The van der Waals surface area contributed by atoms with Crippen molar-refractivity contribution in [3.05, 3.63) is 77.6 Å². The first-order valence-corrected chi connectivity index (χ1v) is 11.3. The van der Waals surface area contributed by atoms with E-state index in [9.17, 15) is 4.79 Å². The van der Waals surface area contributed by atoms with Gasteiger partial charge in [0.2, 0.25) is 0 Å². The van der Waals surface area contributed by atoms with Crippen LogP contribution < -0.4 is 5.32 Å². The average Bonchev–Trinajstić information content (AvgIpc) is 3.18. The first kappa shape index (κ1) is 20.5. The highest BCUT2D eigenvalue weighted by Crippen LogP contribution is 2.29. The highest BCUT2D eigenvalue weighted by atomic mass is 32.2. The number of piperidine rings is 1. The zero-order valence-electron chi connectivity index (χ0n) is 17.2. The molecule has 1 aliphatic heterocycles. The van der Waals surface area contributed by atoms with Crippen LogP contribution in [0, 0.1) is 0 Å². The van der Waals surface area contributed by atoms with Gasteiger partial charge in [-0.2, -0.15) is 0 Å². The number of hydrogen-bond donors (Lipinski definition) is 1. The molecule has 0 bridgehead atoms. The number of urea groups is 1.